The SMILES string of the molecule is Cl[C@@H]1[C@H](Cl)[C@H]2C[C@@H]1[C@@H]1[C@@H]2C[C@H]2O[C@H]12. The highest BCUT2D eigenvalue weighted by Gasteiger charge is 2.68. The first-order valence-electron chi connectivity index (χ1n) is 5.21. The van der Waals surface area contributed by atoms with Crippen LogP contribution in [0, 0.1) is 23.7 Å². The third kappa shape index (κ3) is 0.770. The average Bonchev–Trinajstić information content (AvgIpc) is 2.53. The molecule has 1 saturated heterocycles. The van der Waals surface area contributed by atoms with Crippen molar-refractivity contribution in [2.45, 2.75) is 35.8 Å². The number of hydrogen-bond donors (Lipinski definition) is 0. The highest BCUT2D eigenvalue weighted by atomic mass is 35.5. The Kier molecular flexibility index (Phi) is 1.32. The van der Waals surface area contributed by atoms with Gasteiger partial charge in [0.15, 0.2) is 0 Å². The monoisotopic (exact) mass is 218 g/mol. The zero-order valence-electron chi connectivity index (χ0n) is 7.20. The number of halogens is 2. The van der Waals surface area contributed by atoms with Gasteiger partial charge in [0, 0.05) is 0 Å². The van der Waals surface area contributed by atoms with E-state index in [4.69, 9.17) is 27.9 Å². The second-order valence-electron chi connectivity index (χ2n) is 5.07. The van der Waals surface area contributed by atoms with Crippen LogP contribution in [0.15, 0.2) is 0 Å². The summed E-state index contributed by atoms with van der Waals surface area (Å²) in [5, 5.41) is 0.460. The first-order valence-corrected chi connectivity index (χ1v) is 6.08. The largest absolute Gasteiger partial charge is 0.369 e. The maximum atomic E-state index is 6.32. The van der Waals surface area contributed by atoms with Crippen molar-refractivity contribution in [3.05, 3.63) is 0 Å². The van der Waals surface area contributed by atoms with E-state index < -0.39 is 0 Å². The van der Waals surface area contributed by atoms with Crippen LogP contribution in [0.3, 0.4) is 0 Å². The Balaban J connectivity index is 1.73. The van der Waals surface area contributed by atoms with Crippen molar-refractivity contribution in [1.82, 2.24) is 0 Å². The van der Waals surface area contributed by atoms with Crippen molar-refractivity contribution in [2.75, 3.05) is 0 Å². The number of hydrogen-bond acceptors (Lipinski definition) is 1. The molecule has 4 fully saturated rings. The molecule has 1 aliphatic heterocycles. The van der Waals surface area contributed by atoms with Gasteiger partial charge in [0.05, 0.1) is 23.0 Å². The molecule has 1 heterocycles. The molecule has 0 aromatic heterocycles. The molecule has 0 aromatic carbocycles. The van der Waals surface area contributed by atoms with E-state index >= 15 is 0 Å². The first-order chi connectivity index (χ1) is 6.27. The predicted octanol–water partition coefficient (Wildman–Crippen LogP) is 2.25. The molecule has 13 heavy (non-hydrogen) atoms. The van der Waals surface area contributed by atoms with E-state index in [1.807, 2.05) is 0 Å². The van der Waals surface area contributed by atoms with Crippen molar-refractivity contribution in [3.63, 3.8) is 0 Å². The maximum Gasteiger partial charge on any atom is 0.0876 e. The van der Waals surface area contributed by atoms with Crippen molar-refractivity contribution < 1.29 is 4.74 Å². The highest BCUT2D eigenvalue weighted by Crippen LogP contribution is 2.66. The molecule has 3 heteroatoms. The molecule has 4 rings (SSSR count). The molecule has 0 unspecified atom stereocenters. The molecule has 1 nitrogen and oxygen atoms in total. The van der Waals surface area contributed by atoms with E-state index in [1.54, 1.807) is 0 Å². The summed E-state index contributed by atoms with van der Waals surface area (Å²) in [5.74, 6) is 2.99. The lowest BCUT2D eigenvalue weighted by atomic mass is 9.80. The molecular weight excluding hydrogens is 207 g/mol. The summed E-state index contributed by atoms with van der Waals surface area (Å²) in [5.41, 5.74) is 0. The van der Waals surface area contributed by atoms with Crippen LogP contribution in [-0.4, -0.2) is 23.0 Å². The fourth-order valence-corrected chi connectivity index (χ4v) is 5.14. The molecule has 0 aromatic rings. The zero-order valence-corrected chi connectivity index (χ0v) is 8.71. The fraction of sp³-hybridized carbons (Fsp3) is 1.00. The van der Waals surface area contributed by atoms with Gasteiger partial charge in [-0.25, -0.2) is 0 Å². The van der Waals surface area contributed by atoms with Crippen LogP contribution in [0.25, 0.3) is 0 Å². The summed E-state index contributed by atoms with van der Waals surface area (Å²) in [6.45, 7) is 0. The molecule has 0 amide bonds. The summed E-state index contributed by atoms with van der Waals surface area (Å²) < 4.78 is 5.60. The van der Waals surface area contributed by atoms with Gasteiger partial charge >= 0.3 is 0 Å². The zero-order chi connectivity index (χ0) is 8.74. The van der Waals surface area contributed by atoms with Crippen LogP contribution in [-0.2, 0) is 4.74 Å². The predicted molar refractivity (Wildman–Crippen MR) is 51.1 cm³/mol. The minimum Gasteiger partial charge on any atom is -0.369 e. The van der Waals surface area contributed by atoms with E-state index in [-0.39, 0.29) is 10.8 Å². The number of epoxide rings is 1. The van der Waals surface area contributed by atoms with Gasteiger partial charge in [-0.1, -0.05) is 0 Å². The Morgan fingerprint density at radius 1 is 0.923 bits per heavy atom. The van der Waals surface area contributed by atoms with Crippen molar-refractivity contribution >= 4 is 23.2 Å². The average molecular weight is 219 g/mol. The highest BCUT2D eigenvalue weighted by molar-refractivity contribution is 6.30. The van der Waals surface area contributed by atoms with Gasteiger partial charge in [0.1, 0.15) is 0 Å². The molecule has 4 aliphatic rings. The summed E-state index contributed by atoms with van der Waals surface area (Å²) in [6.07, 6.45) is 3.70. The molecule has 2 bridgehead atoms. The number of alkyl halides is 2. The van der Waals surface area contributed by atoms with Gasteiger partial charge in [0.25, 0.3) is 0 Å². The first kappa shape index (κ1) is 7.78. The third-order valence-corrected chi connectivity index (χ3v) is 6.03. The molecule has 3 saturated carbocycles. The van der Waals surface area contributed by atoms with Crippen LogP contribution in [0.2, 0.25) is 0 Å². The Labute approximate surface area is 87.7 Å². The number of ether oxygens (including phenoxy) is 1. The molecule has 0 spiro atoms. The van der Waals surface area contributed by atoms with Gasteiger partial charge in [-0.2, -0.15) is 0 Å². The molecular formula is C10H12Cl2O. The molecule has 0 radical (unpaired) electrons. The van der Waals surface area contributed by atoms with Gasteiger partial charge in [-0.3, -0.25) is 0 Å². The lowest BCUT2D eigenvalue weighted by Gasteiger charge is -2.32. The van der Waals surface area contributed by atoms with E-state index in [2.05, 4.69) is 0 Å². The number of fused-ring (bicyclic) bond motifs is 7. The molecule has 0 N–H and O–H groups in total. The van der Waals surface area contributed by atoms with E-state index in [1.165, 1.54) is 12.8 Å². The van der Waals surface area contributed by atoms with Crippen LogP contribution in [0.5, 0.6) is 0 Å². The topological polar surface area (TPSA) is 12.5 Å². The van der Waals surface area contributed by atoms with Gasteiger partial charge in [-0.15, -0.1) is 23.2 Å². The Hall–Kier alpha value is 0.540. The van der Waals surface area contributed by atoms with Gasteiger partial charge < -0.3 is 4.74 Å². The van der Waals surface area contributed by atoms with E-state index in [0.717, 1.165) is 11.8 Å². The quantitative estimate of drug-likeness (QED) is 0.449. The lowest BCUT2D eigenvalue weighted by Crippen LogP contribution is -2.36. The Bertz CT molecular complexity index is 270. The third-order valence-electron chi connectivity index (χ3n) is 4.71. The minimum absolute atomic E-state index is 0.218. The summed E-state index contributed by atoms with van der Waals surface area (Å²) in [7, 11) is 0. The molecule has 8 atom stereocenters. The smallest absolute Gasteiger partial charge is 0.0876 e. The summed E-state index contributed by atoms with van der Waals surface area (Å²) >= 11 is 12.6. The van der Waals surface area contributed by atoms with E-state index in [0.29, 0.717) is 24.0 Å². The van der Waals surface area contributed by atoms with Crippen molar-refractivity contribution in [2.24, 2.45) is 23.7 Å². The second-order valence-corrected chi connectivity index (χ2v) is 6.08. The second kappa shape index (κ2) is 2.20. The molecule has 72 valence electrons. The van der Waals surface area contributed by atoms with Crippen LogP contribution < -0.4 is 0 Å². The van der Waals surface area contributed by atoms with Gasteiger partial charge in [0.2, 0.25) is 0 Å². The lowest BCUT2D eigenvalue weighted by molar-refractivity contribution is 0.151. The normalized spacial score (nSPS) is 72.5. The standard InChI is InChI=1S/C10H12Cl2O/c11-8-4-1-5(9(8)12)7-3(4)2-6-10(7)13-6/h3-10H,1-2H2/t3-,4+,5-,6-,7+,8-,9+,10+/m1/s1. The number of rotatable bonds is 0. The van der Waals surface area contributed by atoms with Crippen molar-refractivity contribution in [1.29, 1.82) is 0 Å². The Morgan fingerprint density at radius 3 is 2.54 bits per heavy atom. The molecule has 3 aliphatic carbocycles. The maximum absolute atomic E-state index is 6.32. The van der Waals surface area contributed by atoms with Crippen LogP contribution >= 0.6 is 23.2 Å². The van der Waals surface area contributed by atoms with Crippen LogP contribution in [0.1, 0.15) is 12.8 Å². The summed E-state index contributed by atoms with van der Waals surface area (Å²) in [6, 6.07) is 0. The van der Waals surface area contributed by atoms with E-state index in [9.17, 15) is 0 Å². The Morgan fingerprint density at radius 2 is 1.69 bits per heavy atom. The fourth-order valence-electron chi connectivity index (χ4n) is 4.20. The minimum atomic E-state index is 0.218. The van der Waals surface area contributed by atoms with Crippen molar-refractivity contribution in [3.8, 4) is 0 Å². The summed E-state index contributed by atoms with van der Waals surface area (Å²) in [4.78, 5) is 0. The van der Waals surface area contributed by atoms with Crippen LogP contribution in [0.4, 0.5) is 0 Å². The van der Waals surface area contributed by atoms with Gasteiger partial charge in [-0.05, 0) is 36.5 Å².